The zero-order valence-electron chi connectivity index (χ0n) is 7.76. The second-order valence-corrected chi connectivity index (χ2v) is 7.41. The molecule has 0 saturated heterocycles. The van der Waals surface area contributed by atoms with Gasteiger partial charge in [-0.15, -0.1) is 0 Å². The van der Waals surface area contributed by atoms with Crippen molar-refractivity contribution in [1.82, 2.24) is 0 Å². The molecule has 0 aromatic heterocycles. The summed E-state index contributed by atoms with van der Waals surface area (Å²) in [5.74, 6) is 0. The lowest BCUT2D eigenvalue weighted by Crippen LogP contribution is -2.03. The summed E-state index contributed by atoms with van der Waals surface area (Å²) in [6.45, 7) is 1.80. The lowest BCUT2D eigenvalue weighted by Gasteiger charge is -2.15. The van der Waals surface area contributed by atoms with E-state index in [1.54, 1.807) is 14.2 Å². The first-order valence-electron chi connectivity index (χ1n) is 3.72. The van der Waals surface area contributed by atoms with E-state index in [1.165, 1.54) is 0 Å². The summed E-state index contributed by atoms with van der Waals surface area (Å²) in [6, 6.07) is 0. The Kier molecular flexibility index (Phi) is 8.70. The Hall–Kier alpha value is 0.840. The molecule has 0 aliphatic carbocycles. The highest BCUT2D eigenvalue weighted by atomic mass is 32.9. The molecule has 13 heavy (non-hydrogen) atoms. The Balaban J connectivity index is 3.49. The first-order valence-corrected chi connectivity index (χ1v) is 7.51. The molecule has 0 saturated carbocycles. The third-order valence-electron chi connectivity index (χ3n) is 1.08. The van der Waals surface area contributed by atoms with E-state index >= 15 is 0 Å². The average molecular weight is 246 g/mol. The lowest BCUT2D eigenvalue weighted by molar-refractivity contribution is 0.125. The Labute approximate surface area is 89.2 Å². The molecule has 0 radical (unpaired) electrons. The summed E-state index contributed by atoms with van der Waals surface area (Å²) >= 11 is 9.09. The van der Waals surface area contributed by atoms with Gasteiger partial charge in [0.15, 0.2) is 0 Å². The molecule has 0 aliphatic rings. The molecule has 0 unspecified atom stereocenters. The van der Waals surface area contributed by atoms with Gasteiger partial charge >= 0.3 is 0 Å². The predicted octanol–water partition coefficient (Wildman–Crippen LogP) is 1.47. The van der Waals surface area contributed by atoms with Crippen molar-refractivity contribution in [2.45, 2.75) is 0 Å². The van der Waals surface area contributed by atoms with E-state index in [1.807, 2.05) is 0 Å². The van der Waals surface area contributed by atoms with Gasteiger partial charge in [-0.2, -0.15) is 0 Å². The van der Waals surface area contributed by atoms with E-state index < -0.39 is 5.69 Å². The minimum atomic E-state index is -2.38. The third-order valence-corrected chi connectivity index (χ3v) is 3.43. The maximum Gasteiger partial charge on any atom is 0.244 e. The van der Waals surface area contributed by atoms with Gasteiger partial charge in [0.2, 0.25) is 5.69 Å². The fourth-order valence-corrected chi connectivity index (χ4v) is 2.13. The van der Waals surface area contributed by atoms with Crippen LogP contribution >= 0.6 is 17.9 Å². The molecular formula is C6H15O4PS2. The number of hydrogen-bond acceptors (Lipinski definition) is 5. The van der Waals surface area contributed by atoms with Crippen molar-refractivity contribution in [2.24, 2.45) is 0 Å². The van der Waals surface area contributed by atoms with Gasteiger partial charge in [0.05, 0.1) is 26.4 Å². The van der Waals surface area contributed by atoms with Crippen LogP contribution in [-0.4, -0.2) is 40.6 Å². The van der Waals surface area contributed by atoms with E-state index in [0.717, 1.165) is 0 Å². The molecular weight excluding hydrogens is 231 g/mol. The van der Waals surface area contributed by atoms with Crippen molar-refractivity contribution in [3.8, 4) is 0 Å². The van der Waals surface area contributed by atoms with Crippen molar-refractivity contribution in [1.29, 1.82) is 0 Å². The highest BCUT2D eigenvalue weighted by molar-refractivity contribution is 8.60. The van der Waals surface area contributed by atoms with Crippen LogP contribution in [0.15, 0.2) is 0 Å². The number of ether oxygens (including phenoxy) is 2. The largest absolute Gasteiger partial charge is 0.382 e. The van der Waals surface area contributed by atoms with Crippen molar-refractivity contribution in [3.05, 3.63) is 0 Å². The Morgan fingerprint density at radius 1 is 1.00 bits per heavy atom. The molecule has 0 atom stereocenters. The Bertz CT molecular complexity index is 153. The third kappa shape index (κ3) is 9.15. The van der Waals surface area contributed by atoms with Crippen LogP contribution in [0.5, 0.6) is 0 Å². The van der Waals surface area contributed by atoms with Crippen LogP contribution in [0.2, 0.25) is 0 Å². The van der Waals surface area contributed by atoms with E-state index in [2.05, 4.69) is 12.2 Å². The van der Waals surface area contributed by atoms with Gasteiger partial charge in [-0.3, -0.25) is 0 Å². The molecule has 80 valence electrons. The van der Waals surface area contributed by atoms with Gasteiger partial charge in [-0.1, -0.05) is 12.2 Å². The fourth-order valence-electron chi connectivity index (χ4n) is 0.509. The van der Waals surface area contributed by atoms with Crippen molar-refractivity contribution in [3.63, 3.8) is 0 Å². The maximum absolute atomic E-state index is 5.20. The highest BCUT2D eigenvalue weighted by Gasteiger charge is 2.11. The zero-order valence-corrected chi connectivity index (χ0v) is 10.4. The molecule has 0 amide bonds. The molecule has 0 aromatic rings. The van der Waals surface area contributed by atoms with Crippen LogP contribution in [0.25, 0.3) is 0 Å². The van der Waals surface area contributed by atoms with Crippen LogP contribution < -0.4 is 0 Å². The zero-order chi connectivity index (χ0) is 10.2. The summed E-state index contributed by atoms with van der Waals surface area (Å²) in [5, 5.41) is 0. The minimum absolute atomic E-state index is 0.407. The maximum atomic E-state index is 5.20. The van der Waals surface area contributed by atoms with Gasteiger partial charge in [0, 0.05) is 14.2 Å². The quantitative estimate of drug-likeness (QED) is 0.399. The number of methoxy groups -OCH3 is 2. The molecule has 0 fully saturated rings. The second kappa shape index (κ2) is 8.17. The Morgan fingerprint density at radius 2 is 1.38 bits per heavy atom. The molecule has 0 aromatic carbocycles. The van der Waals surface area contributed by atoms with Gasteiger partial charge in [0.1, 0.15) is 0 Å². The average Bonchev–Trinajstić information content (AvgIpc) is 2.05. The summed E-state index contributed by atoms with van der Waals surface area (Å²) in [6.07, 6.45) is 0. The van der Waals surface area contributed by atoms with E-state index in [-0.39, 0.29) is 0 Å². The first-order chi connectivity index (χ1) is 6.12. The first kappa shape index (κ1) is 13.8. The van der Waals surface area contributed by atoms with Crippen molar-refractivity contribution < 1.29 is 18.5 Å². The summed E-state index contributed by atoms with van der Waals surface area (Å²) in [7, 11) is 3.19. The predicted molar refractivity (Wildman–Crippen MR) is 58.9 cm³/mol. The monoisotopic (exact) mass is 246 g/mol. The van der Waals surface area contributed by atoms with Crippen LogP contribution in [0, 0.1) is 0 Å². The molecule has 0 aliphatic heterocycles. The second-order valence-electron chi connectivity index (χ2n) is 2.12. The lowest BCUT2D eigenvalue weighted by atomic mass is 10.8. The van der Waals surface area contributed by atoms with Crippen LogP contribution in [-0.2, 0) is 30.3 Å². The van der Waals surface area contributed by atoms with E-state index in [9.17, 15) is 0 Å². The van der Waals surface area contributed by atoms with Crippen molar-refractivity contribution >= 4 is 29.7 Å². The van der Waals surface area contributed by atoms with Crippen LogP contribution in [0.4, 0.5) is 0 Å². The number of hydrogen-bond donors (Lipinski definition) is 1. The van der Waals surface area contributed by atoms with Gasteiger partial charge in [-0.25, -0.2) is 0 Å². The summed E-state index contributed by atoms with van der Waals surface area (Å²) in [4.78, 5) is 0. The topological polar surface area (TPSA) is 36.9 Å². The molecule has 7 heteroatoms. The molecule has 0 heterocycles. The van der Waals surface area contributed by atoms with Gasteiger partial charge in [-0.05, 0) is 11.8 Å². The molecule has 4 nitrogen and oxygen atoms in total. The summed E-state index contributed by atoms with van der Waals surface area (Å²) < 4.78 is 20.0. The van der Waals surface area contributed by atoms with E-state index in [0.29, 0.717) is 26.4 Å². The van der Waals surface area contributed by atoms with E-state index in [4.69, 9.17) is 30.3 Å². The number of rotatable bonds is 8. The Morgan fingerprint density at radius 3 is 1.69 bits per heavy atom. The molecule has 0 bridgehead atoms. The standard InChI is InChI=1S/C6H15O4PS2/c1-7-3-5-9-11(12,13)10-6-4-8-2/h3-6H2,1-2H3,(H,12,13). The van der Waals surface area contributed by atoms with Crippen molar-refractivity contribution in [2.75, 3.05) is 40.6 Å². The highest BCUT2D eigenvalue weighted by Crippen LogP contribution is 2.53. The molecule has 0 spiro atoms. The van der Waals surface area contributed by atoms with Crippen LogP contribution in [0.3, 0.4) is 0 Å². The molecule has 0 rings (SSSR count). The normalized spacial score (nSPS) is 11.9. The summed E-state index contributed by atoms with van der Waals surface area (Å²) in [5.41, 5.74) is -2.38. The van der Waals surface area contributed by atoms with Gasteiger partial charge in [0.25, 0.3) is 0 Å². The van der Waals surface area contributed by atoms with Crippen LogP contribution in [0.1, 0.15) is 0 Å². The SMILES string of the molecule is COCCOP(=S)(S)OCCOC. The fraction of sp³-hybridized carbons (Fsp3) is 1.00. The van der Waals surface area contributed by atoms with Gasteiger partial charge < -0.3 is 18.5 Å². The smallest absolute Gasteiger partial charge is 0.244 e. The number of thiol groups is 1. The minimum Gasteiger partial charge on any atom is -0.382 e. The molecule has 0 N–H and O–H groups in total.